The Hall–Kier alpha value is -1.51. The third-order valence-electron chi connectivity index (χ3n) is 3.61. The zero-order chi connectivity index (χ0) is 13.3. The predicted octanol–water partition coefficient (Wildman–Crippen LogP) is 2.96. The molecule has 1 fully saturated rings. The van der Waals surface area contributed by atoms with Gasteiger partial charge in [0.25, 0.3) is 5.91 Å². The summed E-state index contributed by atoms with van der Waals surface area (Å²) in [6.07, 6.45) is 1.07. The van der Waals surface area contributed by atoms with E-state index in [1.165, 1.54) is 0 Å². The van der Waals surface area contributed by atoms with Crippen LogP contribution in [0.2, 0.25) is 0 Å². The molecule has 18 heavy (non-hydrogen) atoms. The fourth-order valence-electron chi connectivity index (χ4n) is 2.14. The highest BCUT2D eigenvalue weighted by atomic mass is 16.1. The summed E-state index contributed by atoms with van der Waals surface area (Å²) < 4.78 is 0. The largest absolute Gasteiger partial charge is 0.385 e. The smallest absolute Gasteiger partial charge is 0.253 e. The number of anilines is 1. The number of hydrogen-bond donors (Lipinski definition) is 2. The van der Waals surface area contributed by atoms with Crippen LogP contribution in [0.4, 0.5) is 5.69 Å². The number of benzene rings is 1. The van der Waals surface area contributed by atoms with Crippen molar-refractivity contribution in [2.45, 2.75) is 40.2 Å². The Kier molecular flexibility index (Phi) is 3.33. The molecule has 1 aromatic carbocycles. The van der Waals surface area contributed by atoms with Gasteiger partial charge in [-0.15, -0.1) is 0 Å². The molecule has 2 N–H and O–H groups in total. The Balaban J connectivity index is 2.15. The molecule has 0 bridgehead atoms. The normalized spacial score (nSPS) is 20.3. The summed E-state index contributed by atoms with van der Waals surface area (Å²) in [6.45, 7) is 9.22. The number of amides is 1. The third-order valence-corrected chi connectivity index (χ3v) is 3.61. The lowest BCUT2D eigenvalue weighted by molar-refractivity contribution is 0.0947. The minimum absolute atomic E-state index is 0.0326. The van der Waals surface area contributed by atoms with Crippen LogP contribution in [-0.4, -0.2) is 18.5 Å². The number of aryl methyl sites for hydroxylation is 1. The zero-order valence-electron chi connectivity index (χ0n) is 11.6. The van der Waals surface area contributed by atoms with Gasteiger partial charge in [-0.1, -0.05) is 25.5 Å². The van der Waals surface area contributed by atoms with E-state index in [9.17, 15) is 4.79 Å². The summed E-state index contributed by atoms with van der Waals surface area (Å²) in [5, 5.41) is 6.35. The van der Waals surface area contributed by atoms with Crippen molar-refractivity contribution in [3.05, 3.63) is 29.3 Å². The van der Waals surface area contributed by atoms with Crippen molar-refractivity contribution in [1.82, 2.24) is 5.32 Å². The molecule has 2 rings (SSSR count). The van der Waals surface area contributed by atoms with Crippen molar-refractivity contribution in [2.24, 2.45) is 5.41 Å². The number of rotatable bonds is 4. The summed E-state index contributed by atoms with van der Waals surface area (Å²) in [6, 6.07) is 6.27. The Bertz CT molecular complexity index is 466. The first-order chi connectivity index (χ1) is 8.44. The molecule has 0 radical (unpaired) electrons. The van der Waals surface area contributed by atoms with Gasteiger partial charge in [-0.05, 0) is 37.8 Å². The van der Waals surface area contributed by atoms with E-state index in [-0.39, 0.29) is 11.3 Å². The molecule has 1 aliphatic rings. The van der Waals surface area contributed by atoms with Crippen LogP contribution < -0.4 is 10.6 Å². The first-order valence-electron chi connectivity index (χ1n) is 6.59. The standard InChI is InChI=1S/C15H22N2O/c1-5-16-12-7-6-10(2)8-11(12)14(18)17-13-9-15(13,3)4/h6-8,13,16H,5,9H2,1-4H3,(H,17,18). The van der Waals surface area contributed by atoms with Crippen LogP contribution in [0.1, 0.15) is 43.1 Å². The molecular weight excluding hydrogens is 224 g/mol. The predicted molar refractivity (Wildman–Crippen MR) is 75.0 cm³/mol. The maximum Gasteiger partial charge on any atom is 0.253 e. The van der Waals surface area contributed by atoms with Gasteiger partial charge in [0.1, 0.15) is 0 Å². The molecule has 3 heteroatoms. The fourth-order valence-corrected chi connectivity index (χ4v) is 2.14. The lowest BCUT2D eigenvalue weighted by Gasteiger charge is -2.12. The van der Waals surface area contributed by atoms with Crippen molar-refractivity contribution in [2.75, 3.05) is 11.9 Å². The highest BCUT2D eigenvalue weighted by molar-refractivity contribution is 6.00. The molecular formula is C15H22N2O. The van der Waals surface area contributed by atoms with Gasteiger partial charge in [0.15, 0.2) is 0 Å². The molecule has 1 aliphatic carbocycles. The van der Waals surface area contributed by atoms with E-state index in [4.69, 9.17) is 0 Å². The van der Waals surface area contributed by atoms with E-state index < -0.39 is 0 Å². The van der Waals surface area contributed by atoms with Crippen LogP contribution in [0, 0.1) is 12.3 Å². The molecule has 0 heterocycles. The van der Waals surface area contributed by atoms with E-state index >= 15 is 0 Å². The van der Waals surface area contributed by atoms with Gasteiger partial charge in [0.2, 0.25) is 0 Å². The van der Waals surface area contributed by atoms with Gasteiger partial charge in [0.05, 0.1) is 5.56 Å². The first kappa shape index (κ1) is 12.9. The van der Waals surface area contributed by atoms with E-state index in [2.05, 4.69) is 24.5 Å². The van der Waals surface area contributed by atoms with Crippen molar-refractivity contribution in [3.63, 3.8) is 0 Å². The monoisotopic (exact) mass is 246 g/mol. The van der Waals surface area contributed by atoms with E-state index in [0.717, 1.165) is 29.8 Å². The topological polar surface area (TPSA) is 41.1 Å². The number of nitrogens with one attached hydrogen (secondary N) is 2. The fraction of sp³-hybridized carbons (Fsp3) is 0.533. The molecule has 1 aromatic rings. The minimum Gasteiger partial charge on any atom is -0.385 e. The third kappa shape index (κ3) is 2.66. The Labute approximate surface area is 109 Å². The van der Waals surface area contributed by atoms with E-state index in [0.29, 0.717) is 6.04 Å². The Morgan fingerprint density at radius 1 is 1.44 bits per heavy atom. The van der Waals surface area contributed by atoms with Crippen molar-refractivity contribution >= 4 is 11.6 Å². The van der Waals surface area contributed by atoms with Crippen LogP contribution in [-0.2, 0) is 0 Å². The van der Waals surface area contributed by atoms with Gasteiger partial charge in [-0.25, -0.2) is 0 Å². The van der Waals surface area contributed by atoms with Gasteiger partial charge in [0, 0.05) is 18.3 Å². The van der Waals surface area contributed by atoms with E-state index in [1.54, 1.807) is 0 Å². The molecule has 0 saturated heterocycles. The van der Waals surface area contributed by atoms with Crippen molar-refractivity contribution < 1.29 is 4.79 Å². The maximum absolute atomic E-state index is 12.3. The van der Waals surface area contributed by atoms with Crippen LogP contribution in [0.15, 0.2) is 18.2 Å². The molecule has 98 valence electrons. The highest BCUT2D eigenvalue weighted by Crippen LogP contribution is 2.44. The number of carbonyl (C=O) groups excluding carboxylic acids is 1. The molecule has 1 atom stereocenters. The second kappa shape index (κ2) is 4.63. The summed E-state index contributed by atoms with van der Waals surface area (Å²) in [5.74, 6) is 0.0326. The second-order valence-corrected chi connectivity index (χ2v) is 5.80. The Morgan fingerprint density at radius 2 is 2.11 bits per heavy atom. The van der Waals surface area contributed by atoms with Crippen LogP contribution in [0.3, 0.4) is 0 Å². The number of hydrogen-bond acceptors (Lipinski definition) is 2. The average Bonchev–Trinajstić information content (AvgIpc) is 2.88. The quantitative estimate of drug-likeness (QED) is 0.857. The molecule has 3 nitrogen and oxygen atoms in total. The Morgan fingerprint density at radius 3 is 2.67 bits per heavy atom. The number of carbonyl (C=O) groups is 1. The summed E-state index contributed by atoms with van der Waals surface area (Å²) in [5.41, 5.74) is 3.04. The molecule has 0 aliphatic heterocycles. The van der Waals surface area contributed by atoms with Crippen molar-refractivity contribution in [3.8, 4) is 0 Å². The molecule has 1 saturated carbocycles. The lowest BCUT2D eigenvalue weighted by atomic mass is 10.1. The molecule has 0 aromatic heterocycles. The van der Waals surface area contributed by atoms with Crippen LogP contribution in [0.5, 0.6) is 0 Å². The van der Waals surface area contributed by atoms with Gasteiger partial charge in [-0.2, -0.15) is 0 Å². The molecule has 0 spiro atoms. The molecule has 1 unspecified atom stereocenters. The van der Waals surface area contributed by atoms with Gasteiger partial charge in [-0.3, -0.25) is 4.79 Å². The van der Waals surface area contributed by atoms with Gasteiger partial charge >= 0.3 is 0 Å². The highest BCUT2D eigenvalue weighted by Gasteiger charge is 2.46. The second-order valence-electron chi connectivity index (χ2n) is 5.80. The van der Waals surface area contributed by atoms with E-state index in [1.807, 2.05) is 32.0 Å². The lowest BCUT2D eigenvalue weighted by Crippen LogP contribution is -2.29. The van der Waals surface area contributed by atoms with Crippen molar-refractivity contribution in [1.29, 1.82) is 0 Å². The first-order valence-corrected chi connectivity index (χ1v) is 6.59. The minimum atomic E-state index is 0.0326. The van der Waals surface area contributed by atoms with Crippen LogP contribution >= 0.6 is 0 Å². The van der Waals surface area contributed by atoms with Gasteiger partial charge < -0.3 is 10.6 Å². The summed E-state index contributed by atoms with van der Waals surface area (Å²) in [7, 11) is 0. The SMILES string of the molecule is CCNc1ccc(C)cc1C(=O)NC1CC1(C)C. The molecule has 1 amide bonds. The summed E-state index contributed by atoms with van der Waals surface area (Å²) in [4.78, 5) is 12.3. The summed E-state index contributed by atoms with van der Waals surface area (Å²) >= 11 is 0. The average molecular weight is 246 g/mol. The maximum atomic E-state index is 12.3. The zero-order valence-corrected chi connectivity index (χ0v) is 11.6. The van der Waals surface area contributed by atoms with Crippen LogP contribution in [0.25, 0.3) is 0 Å².